The van der Waals surface area contributed by atoms with Gasteiger partial charge in [-0.25, -0.2) is 4.68 Å². The van der Waals surface area contributed by atoms with Gasteiger partial charge >= 0.3 is 0 Å². The summed E-state index contributed by atoms with van der Waals surface area (Å²) in [6, 6.07) is 11.5. The number of hydrogen-bond donors (Lipinski definition) is 2. The molecule has 1 aromatic heterocycles. The molecule has 1 aliphatic rings. The predicted molar refractivity (Wildman–Crippen MR) is 77.6 cm³/mol. The third-order valence-corrected chi connectivity index (χ3v) is 3.80. The predicted octanol–water partition coefficient (Wildman–Crippen LogP) is 2.08. The lowest BCUT2D eigenvalue weighted by Gasteiger charge is -2.21. The van der Waals surface area contributed by atoms with Gasteiger partial charge in [0.15, 0.2) is 5.82 Å². The number of carbonyl (C=O) groups is 1. The van der Waals surface area contributed by atoms with E-state index in [0.29, 0.717) is 5.82 Å². The zero-order valence-corrected chi connectivity index (χ0v) is 11.2. The standard InChI is InChI=1S/C15H18N4O/c16-15(9-4-5-10-15)14(20)17-13-8-11-19(18-13)12-6-2-1-3-7-12/h1-3,6-8,11H,4-5,9-10,16H2,(H,17,18,20). The Kier molecular flexibility index (Phi) is 3.28. The molecular weight excluding hydrogens is 252 g/mol. The van der Waals surface area contributed by atoms with Crippen molar-refractivity contribution < 1.29 is 4.79 Å². The van der Waals surface area contributed by atoms with Crippen LogP contribution in [0.25, 0.3) is 5.69 Å². The number of nitrogens with two attached hydrogens (primary N) is 1. The highest BCUT2D eigenvalue weighted by Crippen LogP contribution is 2.28. The summed E-state index contributed by atoms with van der Waals surface area (Å²) in [5.74, 6) is 0.406. The molecule has 3 rings (SSSR count). The summed E-state index contributed by atoms with van der Waals surface area (Å²) in [7, 11) is 0. The van der Waals surface area contributed by atoms with E-state index >= 15 is 0 Å². The molecule has 104 valence electrons. The second-order valence-electron chi connectivity index (χ2n) is 5.30. The van der Waals surface area contributed by atoms with Crippen molar-refractivity contribution in [2.75, 3.05) is 5.32 Å². The number of anilines is 1. The van der Waals surface area contributed by atoms with Crippen LogP contribution in [0.3, 0.4) is 0 Å². The van der Waals surface area contributed by atoms with Crippen LogP contribution < -0.4 is 11.1 Å². The van der Waals surface area contributed by atoms with Crippen LogP contribution in [0, 0.1) is 0 Å². The molecule has 0 spiro atoms. The fraction of sp³-hybridized carbons (Fsp3) is 0.333. The third-order valence-electron chi connectivity index (χ3n) is 3.80. The fourth-order valence-electron chi connectivity index (χ4n) is 2.59. The maximum Gasteiger partial charge on any atom is 0.245 e. The lowest BCUT2D eigenvalue weighted by atomic mass is 9.98. The van der Waals surface area contributed by atoms with Crippen molar-refractivity contribution in [3.05, 3.63) is 42.6 Å². The zero-order chi connectivity index (χ0) is 14.0. The van der Waals surface area contributed by atoms with E-state index < -0.39 is 5.54 Å². The number of aromatic nitrogens is 2. The van der Waals surface area contributed by atoms with Crippen LogP contribution >= 0.6 is 0 Å². The molecule has 3 N–H and O–H groups in total. The van der Waals surface area contributed by atoms with Gasteiger partial charge in [0.1, 0.15) is 0 Å². The summed E-state index contributed by atoms with van der Waals surface area (Å²) in [5, 5.41) is 7.17. The van der Waals surface area contributed by atoms with E-state index in [1.54, 1.807) is 10.7 Å². The first-order valence-electron chi connectivity index (χ1n) is 6.89. The van der Waals surface area contributed by atoms with Crippen molar-refractivity contribution in [3.8, 4) is 5.69 Å². The van der Waals surface area contributed by atoms with E-state index in [2.05, 4.69) is 10.4 Å². The Hall–Kier alpha value is -2.14. The molecule has 0 bridgehead atoms. The van der Waals surface area contributed by atoms with Crippen molar-refractivity contribution >= 4 is 11.7 Å². The van der Waals surface area contributed by atoms with Gasteiger partial charge < -0.3 is 11.1 Å². The third kappa shape index (κ3) is 2.44. The lowest BCUT2D eigenvalue weighted by molar-refractivity contribution is -0.121. The van der Waals surface area contributed by atoms with Crippen LogP contribution in [-0.2, 0) is 4.79 Å². The van der Waals surface area contributed by atoms with E-state index in [1.807, 2.05) is 36.5 Å². The van der Waals surface area contributed by atoms with Gasteiger partial charge in [-0.1, -0.05) is 31.0 Å². The van der Waals surface area contributed by atoms with Gasteiger partial charge in [0.2, 0.25) is 5.91 Å². The lowest BCUT2D eigenvalue weighted by Crippen LogP contribution is -2.48. The molecule has 1 aliphatic carbocycles. The minimum atomic E-state index is -0.726. The normalized spacial score (nSPS) is 17.1. The molecule has 0 radical (unpaired) electrons. The average Bonchev–Trinajstić information content (AvgIpc) is 3.10. The number of para-hydroxylation sites is 1. The topological polar surface area (TPSA) is 72.9 Å². The number of nitrogens with zero attached hydrogens (tertiary/aromatic N) is 2. The van der Waals surface area contributed by atoms with Crippen molar-refractivity contribution in [3.63, 3.8) is 0 Å². The van der Waals surface area contributed by atoms with Gasteiger partial charge in [0, 0.05) is 12.3 Å². The van der Waals surface area contributed by atoms with Crippen molar-refractivity contribution in [2.24, 2.45) is 5.73 Å². The van der Waals surface area contributed by atoms with Gasteiger partial charge in [-0.05, 0) is 25.0 Å². The number of carbonyl (C=O) groups excluding carboxylic acids is 1. The highest BCUT2D eigenvalue weighted by atomic mass is 16.2. The van der Waals surface area contributed by atoms with Crippen LogP contribution in [0.4, 0.5) is 5.82 Å². The summed E-state index contributed by atoms with van der Waals surface area (Å²) in [5.41, 5.74) is 6.35. The molecular formula is C15H18N4O. The minimum Gasteiger partial charge on any atom is -0.317 e. The van der Waals surface area contributed by atoms with Gasteiger partial charge in [0.05, 0.1) is 11.2 Å². The Morgan fingerprint density at radius 2 is 1.90 bits per heavy atom. The number of nitrogens with one attached hydrogen (secondary N) is 1. The molecule has 1 saturated carbocycles. The molecule has 0 aliphatic heterocycles. The molecule has 1 amide bonds. The van der Waals surface area contributed by atoms with E-state index in [4.69, 9.17) is 5.73 Å². The Morgan fingerprint density at radius 3 is 2.60 bits per heavy atom. The summed E-state index contributed by atoms with van der Waals surface area (Å²) in [6.45, 7) is 0. The van der Waals surface area contributed by atoms with E-state index in [-0.39, 0.29) is 5.91 Å². The molecule has 0 saturated heterocycles. The summed E-state index contributed by atoms with van der Waals surface area (Å²) in [4.78, 5) is 12.2. The highest BCUT2D eigenvalue weighted by molar-refractivity contribution is 5.97. The quantitative estimate of drug-likeness (QED) is 0.897. The maximum absolute atomic E-state index is 12.2. The van der Waals surface area contributed by atoms with Crippen molar-refractivity contribution in [2.45, 2.75) is 31.2 Å². The van der Waals surface area contributed by atoms with Crippen molar-refractivity contribution in [1.29, 1.82) is 0 Å². The fourth-order valence-corrected chi connectivity index (χ4v) is 2.59. The first-order valence-corrected chi connectivity index (χ1v) is 6.89. The largest absolute Gasteiger partial charge is 0.317 e. The molecule has 1 aromatic carbocycles. The van der Waals surface area contributed by atoms with Crippen LogP contribution in [0.1, 0.15) is 25.7 Å². The Morgan fingerprint density at radius 1 is 1.20 bits per heavy atom. The van der Waals surface area contributed by atoms with Gasteiger partial charge in [-0.2, -0.15) is 5.10 Å². The molecule has 1 heterocycles. The molecule has 20 heavy (non-hydrogen) atoms. The average molecular weight is 270 g/mol. The zero-order valence-electron chi connectivity index (χ0n) is 11.2. The minimum absolute atomic E-state index is 0.131. The maximum atomic E-state index is 12.2. The first-order chi connectivity index (χ1) is 9.67. The monoisotopic (exact) mass is 270 g/mol. The van der Waals surface area contributed by atoms with E-state index in [9.17, 15) is 4.79 Å². The summed E-state index contributed by atoms with van der Waals surface area (Å²) < 4.78 is 1.73. The first kappa shape index (κ1) is 12.9. The van der Waals surface area contributed by atoms with Crippen LogP contribution in [0.5, 0.6) is 0 Å². The Bertz CT molecular complexity index is 599. The molecule has 1 fully saturated rings. The SMILES string of the molecule is NC1(C(=O)Nc2ccn(-c3ccccc3)n2)CCCC1. The van der Waals surface area contributed by atoms with Crippen LogP contribution in [0.15, 0.2) is 42.6 Å². The number of hydrogen-bond acceptors (Lipinski definition) is 3. The van der Waals surface area contributed by atoms with Gasteiger partial charge in [-0.15, -0.1) is 0 Å². The second kappa shape index (κ2) is 5.09. The Labute approximate surface area is 117 Å². The second-order valence-corrected chi connectivity index (χ2v) is 5.30. The molecule has 2 aromatic rings. The van der Waals surface area contributed by atoms with Crippen molar-refractivity contribution in [1.82, 2.24) is 9.78 Å². The Balaban J connectivity index is 1.73. The molecule has 0 unspecified atom stereocenters. The molecule has 0 atom stereocenters. The van der Waals surface area contributed by atoms with Gasteiger partial charge in [0.25, 0.3) is 0 Å². The van der Waals surface area contributed by atoms with E-state index in [0.717, 1.165) is 31.4 Å². The summed E-state index contributed by atoms with van der Waals surface area (Å²) >= 11 is 0. The smallest absolute Gasteiger partial charge is 0.245 e. The van der Waals surface area contributed by atoms with E-state index in [1.165, 1.54) is 0 Å². The van der Waals surface area contributed by atoms with Crippen LogP contribution in [-0.4, -0.2) is 21.2 Å². The number of rotatable bonds is 3. The summed E-state index contributed by atoms with van der Waals surface area (Å²) in [6.07, 6.45) is 5.35. The number of benzene rings is 1. The van der Waals surface area contributed by atoms with Crippen LogP contribution in [0.2, 0.25) is 0 Å². The number of amides is 1. The highest BCUT2D eigenvalue weighted by Gasteiger charge is 2.37. The molecule has 5 heteroatoms. The van der Waals surface area contributed by atoms with Gasteiger partial charge in [-0.3, -0.25) is 4.79 Å². The molecule has 5 nitrogen and oxygen atoms in total.